The third-order valence-corrected chi connectivity index (χ3v) is 3.67. The second kappa shape index (κ2) is 5.36. The van der Waals surface area contributed by atoms with Gasteiger partial charge in [-0.05, 0) is 23.1 Å². The standard InChI is InChI=1S/C17H17N5O/c1-17(2,3)12-9-22(13-7-11(8-18)5-6-19-13)15-14(12)16(23-4)21-10-20-15/h5-7,9-10H,1-4H3. The van der Waals surface area contributed by atoms with Gasteiger partial charge in [-0.3, -0.25) is 4.57 Å². The van der Waals surface area contributed by atoms with E-state index in [1.54, 1.807) is 25.4 Å². The van der Waals surface area contributed by atoms with Gasteiger partial charge in [0.2, 0.25) is 5.88 Å². The molecule has 0 bridgehead atoms. The number of hydrogen-bond acceptors (Lipinski definition) is 5. The van der Waals surface area contributed by atoms with Crippen molar-refractivity contribution in [3.05, 3.63) is 42.0 Å². The molecule has 3 aromatic heterocycles. The molecule has 0 fully saturated rings. The van der Waals surface area contributed by atoms with Gasteiger partial charge in [0.25, 0.3) is 0 Å². The lowest BCUT2D eigenvalue weighted by Gasteiger charge is -2.17. The molecule has 3 rings (SSSR count). The zero-order valence-corrected chi connectivity index (χ0v) is 13.5. The average molecular weight is 307 g/mol. The number of nitriles is 1. The van der Waals surface area contributed by atoms with E-state index in [0.29, 0.717) is 22.9 Å². The topological polar surface area (TPSA) is 76.6 Å². The molecule has 0 saturated heterocycles. The molecule has 0 atom stereocenters. The van der Waals surface area contributed by atoms with Crippen molar-refractivity contribution in [3.63, 3.8) is 0 Å². The smallest absolute Gasteiger partial charge is 0.226 e. The molecule has 6 nitrogen and oxygen atoms in total. The van der Waals surface area contributed by atoms with Gasteiger partial charge in [0.15, 0.2) is 5.65 Å². The van der Waals surface area contributed by atoms with Gasteiger partial charge in [0.05, 0.1) is 24.1 Å². The first-order valence-electron chi connectivity index (χ1n) is 7.22. The minimum atomic E-state index is -0.117. The fraction of sp³-hybridized carbons (Fsp3) is 0.294. The molecule has 0 aliphatic rings. The number of nitrogens with zero attached hydrogens (tertiary/aromatic N) is 5. The maximum Gasteiger partial charge on any atom is 0.226 e. The van der Waals surface area contributed by atoms with Crippen LogP contribution in [-0.4, -0.2) is 26.6 Å². The molecule has 0 aromatic carbocycles. The largest absolute Gasteiger partial charge is 0.480 e. The lowest BCUT2D eigenvalue weighted by Crippen LogP contribution is -2.10. The molecular weight excluding hydrogens is 290 g/mol. The van der Waals surface area contributed by atoms with Crippen LogP contribution in [0.5, 0.6) is 5.88 Å². The van der Waals surface area contributed by atoms with Gasteiger partial charge in [-0.2, -0.15) is 5.26 Å². The second-order valence-electron chi connectivity index (χ2n) is 6.26. The van der Waals surface area contributed by atoms with Gasteiger partial charge in [0.1, 0.15) is 12.1 Å². The molecule has 23 heavy (non-hydrogen) atoms. The van der Waals surface area contributed by atoms with Crippen molar-refractivity contribution in [1.82, 2.24) is 19.5 Å². The van der Waals surface area contributed by atoms with E-state index in [1.165, 1.54) is 6.33 Å². The summed E-state index contributed by atoms with van der Waals surface area (Å²) in [6, 6.07) is 5.55. The third kappa shape index (κ3) is 2.50. The van der Waals surface area contributed by atoms with Crippen molar-refractivity contribution in [1.29, 1.82) is 5.26 Å². The lowest BCUT2D eigenvalue weighted by atomic mass is 9.87. The van der Waals surface area contributed by atoms with Crippen molar-refractivity contribution in [3.8, 4) is 17.8 Å². The molecule has 0 saturated carbocycles. The fourth-order valence-electron chi connectivity index (χ4n) is 2.55. The maximum atomic E-state index is 9.11. The number of ether oxygens (including phenoxy) is 1. The Bertz CT molecular complexity index is 915. The van der Waals surface area contributed by atoms with E-state index in [-0.39, 0.29) is 5.41 Å². The molecule has 0 spiro atoms. The monoisotopic (exact) mass is 307 g/mol. The highest BCUT2D eigenvalue weighted by Crippen LogP contribution is 2.36. The van der Waals surface area contributed by atoms with Crippen LogP contribution in [0.1, 0.15) is 31.9 Å². The van der Waals surface area contributed by atoms with Crippen molar-refractivity contribution >= 4 is 11.0 Å². The molecule has 0 radical (unpaired) electrons. The number of aromatic nitrogens is 4. The van der Waals surface area contributed by atoms with E-state index in [2.05, 4.69) is 41.8 Å². The quantitative estimate of drug-likeness (QED) is 0.727. The van der Waals surface area contributed by atoms with Crippen molar-refractivity contribution in [2.45, 2.75) is 26.2 Å². The van der Waals surface area contributed by atoms with Crippen LogP contribution < -0.4 is 4.74 Å². The molecule has 3 heterocycles. The highest BCUT2D eigenvalue weighted by atomic mass is 16.5. The van der Waals surface area contributed by atoms with E-state index < -0.39 is 0 Å². The molecule has 0 aliphatic heterocycles. The van der Waals surface area contributed by atoms with E-state index in [1.807, 2.05) is 10.8 Å². The van der Waals surface area contributed by atoms with Crippen LogP contribution in [0, 0.1) is 11.3 Å². The van der Waals surface area contributed by atoms with Gasteiger partial charge in [-0.15, -0.1) is 0 Å². The first kappa shape index (κ1) is 15.0. The Kier molecular flexibility index (Phi) is 3.49. The average Bonchev–Trinajstić information content (AvgIpc) is 2.94. The molecule has 0 aliphatic carbocycles. The third-order valence-electron chi connectivity index (χ3n) is 3.67. The van der Waals surface area contributed by atoms with Gasteiger partial charge >= 0.3 is 0 Å². The summed E-state index contributed by atoms with van der Waals surface area (Å²) < 4.78 is 7.30. The predicted octanol–water partition coefficient (Wildman–Crippen LogP) is 2.99. The molecule has 0 amide bonds. The maximum absolute atomic E-state index is 9.11. The molecule has 0 unspecified atom stereocenters. The zero-order chi connectivity index (χ0) is 16.6. The van der Waals surface area contributed by atoms with Gasteiger partial charge in [0, 0.05) is 12.4 Å². The Morgan fingerprint density at radius 2 is 2.00 bits per heavy atom. The van der Waals surface area contributed by atoms with E-state index in [9.17, 15) is 0 Å². The minimum Gasteiger partial charge on any atom is -0.480 e. The summed E-state index contributed by atoms with van der Waals surface area (Å²) in [6.45, 7) is 6.37. The number of methoxy groups -OCH3 is 1. The molecule has 116 valence electrons. The van der Waals surface area contributed by atoms with Crippen molar-refractivity contribution in [2.75, 3.05) is 7.11 Å². The fourth-order valence-corrected chi connectivity index (χ4v) is 2.55. The Balaban J connectivity index is 2.37. The summed E-state index contributed by atoms with van der Waals surface area (Å²) in [4.78, 5) is 13.0. The van der Waals surface area contributed by atoms with Gasteiger partial charge in [-0.1, -0.05) is 20.8 Å². The van der Waals surface area contributed by atoms with Crippen LogP contribution in [0.2, 0.25) is 0 Å². The first-order valence-corrected chi connectivity index (χ1v) is 7.22. The zero-order valence-electron chi connectivity index (χ0n) is 13.5. The van der Waals surface area contributed by atoms with Crippen molar-refractivity contribution < 1.29 is 4.74 Å². The number of fused-ring (bicyclic) bond motifs is 1. The van der Waals surface area contributed by atoms with Crippen LogP contribution >= 0.6 is 0 Å². The van der Waals surface area contributed by atoms with Crippen LogP contribution in [-0.2, 0) is 5.41 Å². The normalized spacial score (nSPS) is 11.4. The van der Waals surface area contributed by atoms with E-state index in [4.69, 9.17) is 10.00 Å². The number of pyridine rings is 1. The molecule has 0 N–H and O–H groups in total. The van der Waals surface area contributed by atoms with Crippen LogP contribution in [0.15, 0.2) is 30.9 Å². The molecule has 3 aromatic rings. The number of hydrogen-bond donors (Lipinski definition) is 0. The second-order valence-corrected chi connectivity index (χ2v) is 6.26. The Labute approximate surface area is 134 Å². The Morgan fingerprint density at radius 3 is 2.65 bits per heavy atom. The van der Waals surface area contributed by atoms with Crippen molar-refractivity contribution in [2.24, 2.45) is 0 Å². The first-order chi connectivity index (χ1) is 11.0. The van der Waals surface area contributed by atoms with Gasteiger partial charge < -0.3 is 4.74 Å². The minimum absolute atomic E-state index is 0.117. The highest BCUT2D eigenvalue weighted by Gasteiger charge is 2.25. The number of rotatable bonds is 2. The summed E-state index contributed by atoms with van der Waals surface area (Å²) in [5.74, 6) is 1.18. The summed E-state index contributed by atoms with van der Waals surface area (Å²) >= 11 is 0. The van der Waals surface area contributed by atoms with Crippen LogP contribution in [0.4, 0.5) is 0 Å². The summed E-state index contributed by atoms with van der Waals surface area (Å²) in [6.07, 6.45) is 5.08. The lowest BCUT2D eigenvalue weighted by molar-refractivity contribution is 0.401. The SMILES string of the molecule is COc1ncnc2c1c(C(C)(C)C)cn2-c1cc(C#N)ccn1. The molecular formula is C17H17N5O. The molecule has 6 heteroatoms. The Morgan fingerprint density at radius 1 is 1.22 bits per heavy atom. The summed E-state index contributed by atoms with van der Waals surface area (Å²) in [7, 11) is 1.60. The van der Waals surface area contributed by atoms with Gasteiger partial charge in [-0.25, -0.2) is 15.0 Å². The predicted molar refractivity (Wildman–Crippen MR) is 86.6 cm³/mol. The Hall–Kier alpha value is -2.94. The summed E-state index contributed by atoms with van der Waals surface area (Å²) in [5, 5.41) is 9.97. The van der Waals surface area contributed by atoms with E-state index >= 15 is 0 Å². The van der Waals surface area contributed by atoms with Crippen LogP contribution in [0.25, 0.3) is 16.9 Å². The van der Waals surface area contributed by atoms with E-state index in [0.717, 1.165) is 10.9 Å². The van der Waals surface area contributed by atoms with Crippen LogP contribution in [0.3, 0.4) is 0 Å². The summed E-state index contributed by atoms with van der Waals surface area (Å²) in [5.41, 5.74) is 2.21. The highest BCUT2D eigenvalue weighted by molar-refractivity contribution is 5.87.